The fraction of sp³-hybridized carbons (Fsp3) is 0.556. The second kappa shape index (κ2) is 5.45. The van der Waals surface area contributed by atoms with E-state index in [2.05, 4.69) is 22.0 Å². The number of rotatable bonds is 3. The molecule has 1 saturated heterocycles. The molecule has 4 rings (SSSR count). The molecule has 1 saturated carbocycles. The number of piperazine rings is 1. The van der Waals surface area contributed by atoms with Gasteiger partial charge in [0.2, 0.25) is 0 Å². The van der Waals surface area contributed by atoms with Crippen LogP contribution in [0.3, 0.4) is 0 Å². The van der Waals surface area contributed by atoms with Crippen LogP contribution in [0.15, 0.2) is 36.4 Å². The summed E-state index contributed by atoms with van der Waals surface area (Å²) in [5, 5.41) is 0. The minimum atomic E-state index is -0.0933. The van der Waals surface area contributed by atoms with Crippen LogP contribution in [0, 0.1) is 23.6 Å². The van der Waals surface area contributed by atoms with Crippen molar-refractivity contribution in [1.82, 2.24) is 4.90 Å². The van der Waals surface area contributed by atoms with Crippen molar-refractivity contribution in [3.63, 3.8) is 0 Å². The number of halogens is 1. The van der Waals surface area contributed by atoms with Crippen molar-refractivity contribution < 1.29 is 4.39 Å². The van der Waals surface area contributed by atoms with Crippen LogP contribution in [0.2, 0.25) is 0 Å². The molecule has 1 aliphatic heterocycles. The number of benzene rings is 1. The van der Waals surface area contributed by atoms with E-state index < -0.39 is 0 Å². The Hall–Kier alpha value is -1.35. The number of hydrogen-bond acceptors (Lipinski definition) is 2. The molecule has 2 fully saturated rings. The summed E-state index contributed by atoms with van der Waals surface area (Å²) in [5.74, 6) is 2.46. The Bertz CT molecular complexity index is 534. The molecule has 3 aliphatic rings. The number of allylic oxidation sites excluding steroid dienone is 2. The molecule has 3 heteroatoms. The summed E-state index contributed by atoms with van der Waals surface area (Å²) >= 11 is 0. The van der Waals surface area contributed by atoms with Gasteiger partial charge in [0.25, 0.3) is 0 Å². The molecule has 112 valence electrons. The van der Waals surface area contributed by atoms with Gasteiger partial charge in [-0.1, -0.05) is 24.3 Å². The molecule has 2 bridgehead atoms. The Balaban J connectivity index is 1.33. The third-order valence-electron chi connectivity index (χ3n) is 5.47. The van der Waals surface area contributed by atoms with E-state index >= 15 is 0 Å². The van der Waals surface area contributed by atoms with Crippen LogP contribution < -0.4 is 4.90 Å². The standard InChI is InChI=1S/C18H23FN2/c19-17-3-1-2-4-18(17)21-9-7-20(8-10-21)13-16-12-14-5-6-15(16)11-14/h1-6,14-16H,7-13H2/t14-,15+,16-/m0/s1. The quantitative estimate of drug-likeness (QED) is 0.788. The Morgan fingerprint density at radius 2 is 1.81 bits per heavy atom. The van der Waals surface area contributed by atoms with Gasteiger partial charge in [0.05, 0.1) is 5.69 Å². The number of anilines is 1. The highest BCUT2D eigenvalue weighted by Gasteiger charge is 2.36. The predicted octanol–water partition coefficient (Wildman–Crippen LogP) is 3.16. The van der Waals surface area contributed by atoms with Crippen LogP contribution in [0.4, 0.5) is 10.1 Å². The topological polar surface area (TPSA) is 6.48 Å². The SMILES string of the molecule is Fc1ccccc1N1CCN(C[C@@H]2C[C@H]3C=C[C@@H]2C3)CC1. The minimum absolute atomic E-state index is 0.0933. The van der Waals surface area contributed by atoms with Gasteiger partial charge in [0.15, 0.2) is 0 Å². The molecule has 0 unspecified atom stereocenters. The normalized spacial score (nSPS) is 32.0. The average molecular weight is 286 g/mol. The molecule has 0 aromatic heterocycles. The molecule has 0 spiro atoms. The molecule has 0 radical (unpaired) electrons. The lowest BCUT2D eigenvalue weighted by atomic mass is 9.93. The van der Waals surface area contributed by atoms with Crippen LogP contribution in [0.25, 0.3) is 0 Å². The van der Waals surface area contributed by atoms with Gasteiger partial charge in [-0.15, -0.1) is 0 Å². The van der Waals surface area contributed by atoms with Gasteiger partial charge < -0.3 is 4.90 Å². The van der Waals surface area contributed by atoms with E-state index in [1.165, 1.54) is 19.4 Å². The largest absolute Gasteiger partial charge is 0.367 e. The first kappa shape index (κ1) is 13.3. The third-order valence-corrected chi connectivity index (χ3v) is 5.47. The van der Waals surface area contributed by atoms with Crippen LogP contribution >= 0.6 is 0 Å². The lowest BCUT2D eigenvalue weighted by molar-refractivity contribution is 0.204. The van der Waals surface area contributed by atoms with Crippen molar-refractivity contribution in [2.75, 3.05) is 37.6 Å². The summed E-state index contributed by atoms with van der Waals surface area (Å²) in [4.78, 5) is 4.77. The highest BCUT2D eigenvalue weighted by atomic mass is 19.1. The minimum Gasteiger partial charge on any atom is -0.367 e. The van der Waals surface area contributed by atoms with Gasteiger partial charge in [-0.2, -0.15) is 0 Å². The van der Waals surface area contributed by atoms with Crippen molar-refractivity contribution in [2.45, 2.75) is 12.8 Å². The van der Waals surface area contributed by atoms with Crippen LogP contribution in [0.5, 0.6) is 0 Å². The zero-order chi connectivity index (χ0) is 14.2. The summed E-state index contributed by atoms with van der Waals surface area (Å²) < 4.78 is 13.8. The summed E-state index contributed by atoms with van der Waals surface area (Å²) in [5.41, 5.74) is 0.764. The van der Waals surface area contributed by atoms with Gasteiger partial charge in [-0.25, -0.2) is 4.39 Å². The smallest absolute Gasteiger partial charge is 0.146 e. The van der Waals surface area contributed by atoms with E-state index in [9.17, 15) is 4.39 Å². The fourth-order valence-electron chi connectivity index (χ4n) is 4.32. The fourth-order valence-corrected chi connectivity index (χ4v) is 4.32. The molecule has 0 amide bonds. The van der Waals surface area contributed by atoms with Gasteiger partial charge in [-0.3, -0.25) is 4.90 Å². The van der Waals surface area contributed by atoms with Crippen molar-refractivity contribution in [3.8, 4) is 0 Å². The zero-order valence-electron chi connectivity index (χ0n) is 12.4. The van der Waals surface area contributed by atoms with Crippen molar-refractivity contribution in [2.24, 2.45) is 17.8 Å². The second-order valence-corrected chi connectivity index (χ2v) is 6.78. The van der Waals surface area contributed by atoms with Gasteiger partial charge >= 0.3 is 0 Å². The maximum absolute atomic E-state index is 13.8. The van der Waals surface area contributed by atoms with E-state index in [4.69, 9.17) is 0 Å². The monoisotopic (exact) mass is 286 g/mol. The van der Waals surface area contributed by atoms with E-state index in [1.807, 2.05) is 12.1 Å². The maximum atomic E-state index is 13.8. The second-order valence-electron chi connectivity index (χ2n) is 6.78. The Kier molecular flexibility index (Phi) is 3.46. The average Bonchev–Trinajstić information content (AvgIpc) is 3.11. The molecule has 0 N–H and O–H groups in total. The first-order valence-corrected chi connectivity index (χ1v) is 8.20. The third kappa shape index (κ3) is 2.59. The number of fused-ring (bicyclic) bond motifs is 2. The first-order chi connectivity index (χ1) is 10.3. The first-order valence-electron chi connectivity index (χ1n) is 8.20. The lowest BCUT2D eigenvalue weighted by Crippen LogP contribution is -2.48. The summed E-state index contributed by atoms with van der Waals surface area (Å²) in [6.45, 7) is 5.24. The highest BCUT2D eigenvalue weighted by molar-refractivity contribution is 5.47. The number of para-hydroxylation sites is 1. The molecule has 1 aromatic rings. The van der Waals surface area contributed by atoms with Gasteiger partial charge in [-0.05, 0) is 42.7 Å². The van der Waals surface area contributed by atoms with E-state index in [1.54, 1.807) is 12.1 Å². The molecule has 2 aliphatic carbocycles. The molecule has 1 aromatic carbocycles. The van der Waals surface area contributed by atoms with Crippen LogP contribution in [-0.2, 0) is 0 Å². The van der Waals surface area contributed by atoms with E-state index in [0.29, 0.717) is 0 Å². The highest BCUT2D eigenvalue weighted by Crippen LogP contribution is 2.43. The predicted molar refractivity (Wildman–Crippen MR) is 83.9 cm³/mol. The Morgan fingerprint density at radius 1 is 1.00 bits per heavy atom. The van der Waals surface area contributed by atoms with E-state index in [0.717, 1.165) is 49.6 Å². The molecule has 3 atom stereocenters. The van der Waals surface area contributed by atoms with Gasteiger partial charge in [0.1, 0.15) is 5.82 Å². The van der Waals surface area contributed by atoms with Crippen molar-refractivity contribution in [3.05, 3.63) is 42.2 Å². The molecular formula is C18H23FN2. The molecule has 21 heavy (non-hydrogen) atoms. The Labute approximate surface area is 126 Å². The summed E-state index contributed by atoms with van der Waals surface area (Å²) in [6.07, 6.45) is 7.63. The van der Waals surface area contributed by atoms with Crippen LogP contribution in [-0.4, -0.2) is 37.6 Å². The number of nitrogens with zero attached hydrogens (tertiary/aromatic N) is 2. The van der Waals surface area contributed by atoms with Crippen molar-refractivity contribution >= 4 is 5.69 Å². The molecule has 1 heterocycles. The maximum Gasteiger partial charge on any atom is 0.146 e. The van der Waals surface area contributed by atoms with Crippen LogP contribution in [0.1, 0.15) is 12.8 Å². The lowest BCUT2D eigenvalue weighted by Gasteiger charge is -2.38. The summed E-state index contributed by atoms with van der Waals surface area (Å²) in [7, 11) is 0. The van der Waals surface area contributed by atoms with E-state index in [-0.39, 0.29) is 5.82 Å². The van der Waals surface area contributed by atoms with Crippen molar-refractivity contribution in [1.29, 1.82) is 0 Å². The number of hydrogen-bond donors (Lipinski definition) is 0. The van der Waals surface area contributed by atoms with Gasteiger partial charge in [0, 0.05) is 32.7 Å². The summed E-state index contributed by atoms with van der Waals surface area (Å²) in [6, 6.07) is 7.14. The Morgan fingerprint density at radius 3 is 2.48 bits per heavy atom. The molecule has 2 nitrogen and oxygen atoms in total. The molecular weight excluding hydrogens is 263 g/mol. The zero-order valence-corrected chi connectivity index (χ0v) is 12.4.